The zero-order valence-electron chi connectivity index (χ0n) is 8.12. The van der Waals surface area contributed by atoms with Gasteiger partial charge in [-0.15, -0.1) is 0 Å². The first-order valence-electron chi connectivity index (χ1n) is 4.37. The van der Waals surface area contributed by atoms with Gasteiger partial charge in [0.1, 0.15) is 5.83 Å². The molecule has 0 atom stereocenters. The molecule has 0 radical (unpaired) electrons. The molecule has 4 heteroatoms. The molecule has 1 aromatic rings. The van der Waals surface area contributed by atoms with Gasteiger partial charge in [-0.2, -0.15) is 0 Å². The molecule has 0 saturated carbocycles. The molecule has 1 rings (SSSR count). The van der Waals surface area contributed by atoms with Crippen molar-refractivity contribution in [1.29, 1.82) is 0 Å². The highest BCUT2D eigenvalue weighted by Crippen LogP contribution is 1.96. The van der Waals surface area contributed by atoms with Crippen LogP contribution in [0.1, 0.15) is 20.3 Å². The van der Waals surface area contributed by atoms with E-state index < -0.39 is 11.4 Å². The molecule has 2 nitrogen and oxygen atoms in total. The van der Waals surface area contributed by atoms with Gasteiger partial charge >= 0.3 is 0 Å². The molecular weight excluding hydrogens is 201 g/mol. The third kappa shape index (κ3) is 1.90. The molecule has 0 N–H and O–H groups in total. The molecule has 0 unspecified atom stereocenters. The van der Waals surface area contributed by atoms with Crippen molar-refractivity contribution in [2.24, 2.45) is 0 Å². The lowest BCUT2D eigenvalue weighted by atomic mass is 10.2. The summed E-state index contributed by atoms with van der Waals surface area (Å²) in [6.45, 7) is 3.44. The average molecular weight is 213 g/mol. The molecular formula is C10H12FNOS. The molecule has 1 heterocycles. The zero-order chi connectivity index (χ0) is 10.7. The minimum absolute atomic E-state index is 0.118. The van der Waals surface area contributed by atoms with Crippen LogP contribution in [0.4, 0.5) is 4.39 Å². The van der Waals surface area contributed by atoms with E-state index in [4.69, 9.17) is 0 Å². The zero-order valence-corrected chi connectivity index (χ0v) is 9.01. The normalized spacial score (nSPS) is 14.4. The summed E-state index contributed by atoms with van der Waals surface area (Å²) in [6, 6.07) is 1.67. The number of rotatable bonds is 1. The Kier molecular flexibility index (Phi) is 3.52. The van der Waals surface area contributed by atoms with Crippen LogP contribution in [0.3, 0.4) is 0 Å². The van der Waals surface area contributed by atoms with Crippen LogP contribution < -0.4 is 16.0 Å². The second kappa shape index (κ2) is 4.46. The van der Waals surface area contributed by atoms with Crippen molar-refractivity contribution >= 4 is 24.7 Å². The molecule has 0 spiro atoms. The summed E-state index contributed by atoms with van der Waals surface area (Å²) < 4.78 is 14.5. The monoisotopic (exact) mass is 213 g/mol. The number of hydrogen-bond donors (Lipinski definition) is 1. The maximum absolute atomic E-state index is 13.4. The van der Waals surface area contributed by atoms with E-state index in [1.165, 1.54) is 6.20 Å². The van der Waals surface area contributed by atoms with Crippen LogP contribution in [0.15, 0.2) is 17.1 Å². The second-order valence-corrected chi connectivity index (χ2v) is 3.27. The molecule has 0 aliphatic carbocycles. The highest BCUT2D eigenvalue weighted by Gasteiger charge is 2.01. The van der Waals surface area contributed by atoms with E-state index in [9.17, 15) is 9.18 Å². The number of halogens is 1. The van der Waals surface area contributed by atoms with Gasteiger partial charge in [-0.05, 0) is 24.6 Å². The predicted molar refractivity (Wildman–Crippen MR) is 59.3 cm³/mol. The molecule has 0 bridgehead atoms. The Morgan fingerprint density at radius 1 is 1.71 bits per heavy atom. The van der Waals surface area contributed by atoms with E-state index in [2.05, 4.69) is 12.8 Å². The highest BCUT2D eigenvalue weighted by atomic mass is 32.1. The predicted octanol–water partition coefficient (Wildman–Crippen LogP) is 0.829. The van der Waals surface area contributed by atoms with Crippen LogP contribution in [-0.4, -0.2) is 3.97 Å². The number of hydrogen-bond acceptors (Lipinski definition) is 2. The topological polar surface area (TPSA) is 22.0 Å². The van der Waals surface area contributed by atoms with Crippen LogP contribution in [0.25, 0.3) is 11.9 Å². The average Bonchev–Trinajstić information content (AvgIpc) is 2.20. The van der Waals surface area contributed by atoms with Crippen LogP contribution in [0.2, 0.25) is 0 Å². The largest absolute Gasteiger partial charge is 0.270 e. The smallest absolute Gasteiger partial charge is 0.268 e. The molecule has 76 valence electrons. The minimum atomic E-state index is -0.414. The summed E-state index contributed by atoms with van der Waals surface area (Å²) in [5.41, 5.74) is -0.414. The molecule has 0 saturated heterocycles. The molecule has 0 fully saturated rings. The van der Waals surface area contributed by atoms with Crippen molar-refractivity contribution in [2.75, 3.05) is 0 Å². The Morgan fingerprint density at radius 3 is 2.86 bits per heavy atom. The lowest BCUT2D eigenvalue weighted by Gasteiger charge is -1.97. The van der Waals surface area contributed by atoms with Crippen molar-refractivity contribution in [3.05, 3.63) is 33.1 Å². The maximum Gasteiger partial charge on any atom is 0.270 e. The van der Waals surface area contributed by atoms with Crippen LogP contribution in [0, 0.1) is 0 Å². The highest BCUT2D eigenvalue weighted by molar-refractivity contribution is 7.78. The van der Waals surface area contributed by atoms with Gasteiger partial charge in [0.2, 0.25) is 0 Å². The summed E-state index contributed by atoms with van der Waals surface area (Å²) in [5, 5.41) is 0.729. The van der Waals surface area contributed by atoms with Crippen molar-refractivity contribution in [2.45, 2.75) is 20.3 Å². The van der Waals surface area contributed by atoms with E-state index in [1.807, 2.05) is 0 Å². The van der Waals surface area contributed by atoms with Crippen LogP contribution >= 0.6 is 12.8 Å². The van der Waals surface area contributed by atoms with Crippen molar-refractivity contribution in [3.8, 4) is 0 Å². The number of pyridine rings is 1. The summed E-state index contributed by atoms with van der Waals surface area (Å²) in [5.74, 6) is -0.397. The van der Waals surface area contributed by atoms with Crippen LogP contribution in [-0.2, 0) is 0 Å². The van der Waals surface area contributed by atoms with Crippen molar-refractivity contribution in [1.82, 2.24) is 3.97 Å². The Labute approximate surface area is 86.9 Å². The molecule has 0 aliphatic heterocycles. The molecule has 14 heavy (non-hydrogen) atoms. The van der Waals surface area contributed by atoms with Crippen molar-refractivity contribution in [3.63, 3.8) is 0 Å². The van der Waals surface area contributed by atoms with Gasteiger partial charge in [-0.25, -0.2) is 4.39 Å². The first-order valence-corrected chi connectivity index (χ1v) is 4.77. The van der Waals surface area contributed by atoms with Crippen LogP contribution in [0.5, 0.6) is 0 Å². The second-order valence-electron chi connectivity index (χ2n) is 2.84. The Bertz CT molecular complexity index is 504. The molecule has 1 aromatic heterocycles. The maximum atomic E-state index is 13.4. The quantitative estimate of drug-likeness (QED) is 0.686. The third-order valence-corrected chi connectivity index (χ3v) is 2.31. The lowest BCUT2D eigenvalue weighted by molar-refractivity contribution is 0.707. The summed E-state index contributed by atoms with van der Waals surface area (Å²) >= 11 is 3.90. The Hall–Kier alpha value is -1.03. The van der Waals surface area contributed by atoms with Gasteiger partial charge in [-0.1, -0.05) is 25.8 Å². The molecule has 0 aliphatic rings. The summed E-state index contributed by atoms with van der Waals surface area (Å²) in [6.07, 6.45) is 3.43. The van der Waals surface area contributed by atoms with Gasteiger partial charge in [0.25, 0.3) is 5.56 Å². The Balaban J connectivity index is 3.90. The fraction of sp³-hybridized carbons (Fsp3) is 0.300. The van der Waals surface area contributed by atoms with E-state index in [1.54, 1.807) is 26.0 Å². The number of thiol groups is 1. The minimum Gasteiger partial charge on any atom is -0.268 e. The first-order chi connectivity index (χ1) is 6.61. The van der Waals surface area contributed by atoms with E-state index in [0.29, 0.717) is 5.22 Å². The summed E-state index contributed by atoms with van der Waals surface area (Å²) in [7, 11) is 0. The summed E-state index contributed by atoms with van der Waals surface area (Å²) in [4.78, 5) is 11.6. The number of nitrogens with zero attached hydrogens (tertiary/aromatic N) is 1. The van der Waals surface area contributed by atoms with Gasteiger partial charge in [0.05, 0.1) is 5.22 Å². The first kappa shape index (κ1) is 11.0. The Morgan fingerprint density at radius 2 is 2.36 bits per heavy atom. The standard InChI is InChI=1S/C10H12FNOS/c1-3-7-5-6-12(14)10(13)9(7)8(11)4-2/h3,5-6,14H,4H2,1-2H3/b7-3-,9-8-. The van der Waals surface area contributed by atoms with Crippen molar-refractivity contribution < 1.29 is 4.39 Å². The van der Waals surface area contributed by atoms with E-state index >= 15 is 0 Å². The molecule has 0 amide bonds. The van der Waals surface area contributed by atoms with Gasteiger partial charge in [-0.3, -0.25) is 8.77 Å². The fourth-order valence-electron chi connectivity index (χ4n) is 1.23. The van der Waals surface area contributed by atoms with E-state index in [-0.39, 0.29) is 11.6 Å². The SMILES string of the molecule is C/C=c1/ccn(S)c(=O)/c1=C(\F)CC. The third-order valence-electron chi connectivity index (χ3n) is 2.00. The molecule has 0 aromatic carbocycles. The lowest BCUT2D eigenvalue weighted by Crippen LogP contribution is -2.43. The van der Waals surface area contributed by atoms with E-state index in [0.717, 1.165) is 3.97 Å². The fourth-order valence-corrected chi connectivity index (χ4v) is 1.40. The number of aromatic nitrogens is 1. The van der Waals surface area contributed by atoms with Gasteiger partial charge < -0.3 is 0 Å². The van der Waals surface area contributed by atoms with Gasteiger partial charge in [0, 0.05) is 6.20 Å². The van der Waals surface area contributed by atoms with Gasteiger partial charge in [0.15, 0.2) is 0 Å².